The van der Waals surface area contributed by atoms with Crippen molar-refractivity contribution >= 4 is 10.0 Å². The van der Waals surface area contributed by atoms with E-state index in [1.165, 1.54) is 36.4 Å². The maximum absolute atomic E-state index is 12.7. The third-order valence-electron chi connectivity index (χ3n) is 2.77. The SMILES string of the molecule is O=S(=O)(NCc1ccc(F)cc1)c1cccc(CO)c1. The molecule has 2 aromatic rings. The Morgan fingerprint density at radius 1 is 1.05 bits per heavy atom. The van der Waals surface area contributed by atoms with E-state index in [0.717, 1.165) is 0 Å². The van der Waals surface area contributed by atoms with E-state index >= 15 is 0 Å². The van der Waals surface area contributed by atoms with Gasteiger partial charge in [-0.3, -0.25) is 0 Å². The van der Waals surface area contributed by atoms with Gasteiger partial charge < -0.3 is 5.11 Å². The summed E-state index contributed by atoms with van der Waals surface area (Å²) in [7, 11) is -3.66. The van der Waals surface area contributed by atoms with Crippen molar-refractivity contribution in [3.05, 3.63) is 65.5 Å². The maximum atomic E-state index is 12.7. The predicted octanol–water partition coefficient (Wildman–Crippen LogP) is 1.80. The van der Waals surface area contributed by atoms with Crippen LogP contribution in [-0.4, -0.2) is 13.5 Å². The third kappa shape index (κ3) is 3.63. The molecule has 0 aliphatic rings. The molecule has 106 valence electrons. The zero-order valence-electron chi connectivity index (χ0n) is 10.6. The van der Waals surface area contributed by atoms with Crippen LogP contribution in [0.15, 0.2) is 53.4 Å². The first-order valence-corrected chi connectivity index (χ1v) is 7.43. The molecule has 0 bridgehead atoms. The van der Waals surface area contributed by atoms with E-state index in [1.807, 2.05) is 0 Å². The zero-order valence-corrected chi connectivity index (χ0v) is 11.4. The Balaban J connectivity index is 2.12. The smallest absolute Gasteiger partial charge is 0.240 e. The van der Waals surface area contributed by atoms with Gasteiger partial charge in [-0.15, -0.1) is 0 Å². The number of nitrogens with one attached hydrogen (secondary N) is 1. The quantitative estimate of drug-likeness (QED) is 0.884. The Kier molecular flexibility index (Phi) is 4.49. The normalized spacial score (nSPS) is 11.5. The third-order valence-corrected chi connectivity index (χ3v) is 4.17. The first-order chi connectivity index (χ1) is 9.51. The number of hydrogen-bond acceptors (Lipinski definition) is 3. The van der Waals surface area contributed by atoms with Crippen molar-refractivity contribution in [1.82, 2.24) is 4.72 Å². The summed E-state index contributed by atoms with van der Waals surface area (Å²) >= 11 is 0. The van der Waals surface area contributed by atoms with Gasteiger partial charge in [0.25, 0.3) is 0 Å². The number of rotatable bonds is 5. The van der Waals surface area contributed by atoms with Gasteiger partial charge >= 0.3 is 0 Å². The highest BCUT2D eigenvalue weighted by molar-refractivity contribution is 7.89. The number of hydrogen-bond donors (Lipinski definition) is 2. The molecule has 0 spiro atoms. The molecule has 4 nitrogen and oxygen atoms in total. The second-order valence-corrected chi connectivity index (χ2v) is 6.02. The number of sulfonamides is 1. The van der Waals surface area contributed by atoms with Gasteiger partial charge in [0.15, 0.2) is 0 Å². The van der Waals surface area contributed by atoms with E-state index < -0.39 is 10.0 Å². The first kappa shape index (κ1) is 14.6. The van der Waals surface area contributed by atoms with Gasteiger partial charge in [0.1, 0.15) is 5.82 Å². The molecule has 2 aromatic carbocycles. The van der Waals surface area contributed by atoms with E-state index in [1.54, 1.807) is 12.1 Å². The van der Waals surface area contributed by atoms with Crippen LogP contribution in [0.25, 0.3) is 0 Å². The highest BCUT2D eigenvalue weighted by Gasteiger charge is 2.13. The van der Waals surface area contributed by atoms with Crippen molar-refractivity contribution in [1.29, 1.82) is 0 Å². The molecule has 0 aliphatic heterocycles. The summed E-state index contributed by atoms with van der Waals surface area (Å²) < 4.78 is 39.3. The summed E-state index contributed by atoms with van der Waals surface area (Å²) in [6, 6.07) is 11.6. The van der Waals surface area contributed by atoms with Crippen LogP contribution in [0.4, 0.5) is 4.39 Å². The molecule has 0 saturated heterocycles. The van der Waals surface area contributed by atoms with Crippen LogP contribution in [-0.2, 0) is 23.2 Å². The molecule has 2 rings (SSSR count). The molecule has 0 radical (unpaired) electrons. The van der Waals surface area contributed by atoms with Crippen LogP contribution in [0, 0.1) is 5.82 Å². The van der Waals surface area contributed by atoms with Crippen LogP contribution in [0.1, 0.15) is 11.1 Å². The van der Waals surface area contributed by atoms with Gasteiger partial charge in [-0.2, -0.15) is 0 Å². The molecule has 0 aromatic heterocycles. The van der Waals surface area contributed by atoms with E-state index in [4.69, 9.17) is 5.11 Å². The molecule has 0 saturated carbocycles. The standard InChI is InChI=1S/C14H14FNO3S/c15-13-6-4-11(5-7-13)9-16-20(18,19)14-3-1-2-12(8-14)10-17/h1-8,16-17H,9-10H2. The Hall–Kier alpha value is -1.76. The van der Waals surface area contributed by atoms with Gasteiger partial charge in [0.2, 0.25) is 10.0 Å². The highest BCUT2D eigenvalue weighted by Crippen LogP contribution is 2.12. The monoisotopic (exact) mass is 295 g/mol. The molecule has 20 heavy (non-hydrogen) atoms. The van der Waals surface area contributed by atoms with Gasteiger partial charge in [0.05, 0.1) is 11.5 Å². The van der Waals surface area contributed by atoms with Crippen molar-refractivity contribution in [2.75, 3.05) is 0 Å². The fourth-order valence-corrected chi connectivity index (χ4v) is 2.76. The van der Waals surface area contributed by atoms with Gasteiger partial charge in [0, 0.05) is 6.54 Å². The largest absolute Gasteiger partial charge is 0.392 e. The van der Waals surface area contributed by atoms with Crippen molar-refractivity contribution in [3.8, 4) is 0 Å². The van der Waals surface area contributed by atoms with Crippen LogP contribution in [0.2, 0.25) is 0 Å². The number of benzene rings is 2. The van der Waals surface area contributed by atoms with Crippen molar-refractivity contribution < 1.29 is 17.9 Å². The lowest BCUT2D eigenvalue weighted by molar-refractivity contribution is 0.281. The van der Waals surface area contributed by atoms with Crippen LogP contribution in [0.3, 0.4) is 0 Å². The lowest BCUT2D eigenvalue weighted by Crippen LogP contribution is -2.23. The number of aliphatic hydroxyl groups is 1. The highest BCUT2D eigenvalue weighted by atomic mass is 32.2. The van der Waals surface area contributed by atoms with E-state index in [-0.39, 0.29) is 23.9 Å². The number of aliphatic hydroxyl groups excluding tert-OH is 1. The molecule has 0 amide bonds. The molecule has 0 fully saturated rings. The van der Waals surface area contributed by atoms with E-state index in [9.17, 15) is 12.8 Å². The summed E-state index contributed by atoms with van der Waals surface area (Å²) in [4.78, 5) is 0.0890. The summed E-state index contributed by atoms with van der Waals surface area (Å²) in [5.74, 6) is -0.368. The minimum absolute atomic E-state index is 0.0754. The van der Waals surface area contributed by atoms with Crippen LogP contribution >= 0.6 is 0 Å². The van der Waals surface area contributed by atoms with Gasteiger partial charge in [-0.25, -0.2) is 17.5 Å². The fourth-order valence-electron chi connectivity index (χ4n) is 1.67. The molecule has 0 aliphatic carbocycles. The molecule has 0 unspecified atom stereocenters. The van der Waals surface area contributed by atoms with E-state index in [2.05, 4.69) is 4.72 Å². The lowest BCUT2D eigenvalue weighted by Gasteiger charge is -2.08. The second kappa shape index (κ2) is 6.13. The van der Waals surface area contributed by atoms with Crippen LogP contribution < -0.4 is 4.72 Å². The lowest BCUT2D eigenvalue weighted by atomic mass is 10.2. The molecule has 0 atom stereocenters. The molecule has 6 heteroatoms. The Bertz CT molecular complexity index is 684. The fraction of sp³-hybridized carbons (Fsp3) is 0.143. The van der Waals surface area contributed by atoms with Crippen molar-refractivity contribution in [2.45, 2.75) is 18.0 Å². The Morgan fingerprint density at radius 2 is 1.75 bits per heavy atom. The minimum atomic E-state index is -3.66. The summed E-state index contributed by atoms with van der Waals surface area (Å²) in [6.45, 7) is -0.146. The van der Waals surface area contributed by atoms with Crippen molar-refractivity contribution in [2.24, 2.45) is 0 Å². The second-order valence-electron chi connectivity index (χ2n) is 4.26. The predicted molar refractivity (Wildman–Crippen MR) is 72.8 cm³/mol. The average molecular weight is 295 g/mol. The van der Waals surface area contributed by atoms with E-state index in [0.29, 0.717) is 11.1 Å². The topological polar surface area (TPSA) is 66.4 Å². The van der Waals surface area contributed by atoms with Gasteiger partial charge in [-0.1, -0.05) is 24.3 Å². The summed E-state index contributed by atoms with van der Waals surface area (Å²) in [6.07, 6.45) is 0. The molecule has 2 N–H and O–H groups in total. The maximum Gasteiger partial charge on any atom is 0.240 e. The molecular formula is C14H14FNO3S. The number of halogens is 1. The Labute approximate surface area is 116 Å². The summed E-state index contributed by atoms with van der Waals surface area (Å²) in [5, 5.41) is 9.01. The first-order valence-electron chi connectivity index (χ1n) is 5.95. The average Bonchev–Trinajstić information content (AvgIpc) is 2.47. The van der Waals surface area contributed by atoms with Gasteiger partial charge in [-0.05, 0) is 35.4 Å². The Morgan fingerprint density at radius 3 is 2.40 bits per heavy atom. The molecule has 0 heterocycles. The summed E-state index contributed by atoms with van der Waals surface area (Å²) in [5.41, 5.74) is 1.18. The minimum Gasteiger partial charge on any atom is -0.392 e. The molecular weight excluding hydrogens is 281 g/mol. The van der Waals surface area contributed by atoms with Crippen LogP contribution in [0.5, 0.6) is 0 Å². The van der Waals surface area contributed by atoms with Crippen molar-refractivity contribution in [3.63, 3.8) is 0 Å². The zero-order chi connectivity index (χ0) is 14.6.